The van der Waals surface area contributed by atoms with Crippen molar-refractivity contribution in [3.8, 4) is 5.75 Å². The van der Waals surface area contributed by atoms with Crippen LogP contribution < -0.4 is 10.5 Å². The molecule has 0 saturated carbocycles. The van der Waals surface area contributed by atoms with E-state index in [1.54, 1.807) is 7.11 Å². The van der Waals surface area contributed by atoms with Gasteiger partial charge in [-0.05, 0) is 47.3 Å². The Morgan fingerprint density at radius 3 is 2.78 bits per heavy atom. The molecule has 0 saturated heterocycles. The van der Waals surface area contributed by atoms with Crippen molar-refractivity contribution in [3.05, 3.63) is 39.6 Å². The molecule has 3 N–H and O–H groups in total. The number of rotatable bonds is 4. The standard InChI is InChI=1S/C13H16BrN3O/c1-8-3-6-11(18-2)9(7-8)4-5-10-12(14)17-13(15)16-10/h3,6-7H,4-5H2,1-2H3,(H3,15,16,17). The zero-order valence-electron chi connectivity index (χ0n) is 10.5. The number of methoxy groups -OCH3 is 1. The molecule has 0 radical (unpaired) electrons. The first-order valence-electron chi connectivity index (χ1n) is 5.73. The van der Waals surface area contributed by atoms with E-state index in [1.165, 1.54) is 11.1 Å². The van der Waals surface area contributed by atoms with Crippen molar-refractivity contribution in [2.45, 2.75) is 19.8 Å². The van der Waals surface area contributed by atoms with E-state index >= 15 is 0 Å². The van der Waals surface area contributed by atoms with Gasteiger partial charge in [0.2, 0.25) is 0 Å². The monoisotopic (exact) mass is 309 g/mol. The maximum Gasteiger partial charge on any atom is 0.198 e. The molecule has 2 aromatic rings. The maximum absolute atomic E-state index is 5.61. The number of anilines is 1. The average molecular weight is 310 g/mol. The van der Waals surface area contributed by atoms with Crippen molar-refractivity contribution >= 4 is 21.9 Å². The van der Waals surface area contributed by atoms with Gasteiger partial charge in [0.1, 0.15) is 10.4 Å². The van der Waals surface area contributed by atoms with Gasteiger partial charge in [0.15, 0.2) is 5.95 Å². The Hall–Kier alpha value is -1.49. The molecule has 0 bridgehead atoms. The lowest BCUT2D eigenvalue weighted by Crippen LogP contribution is -1.97. The average Bonchev–Trinajstić information content (AvgIpc) is 2.65. The van der Waals surface area contributed by atoms with Gasteiger partial charge in [-0.2, -0.15) is 0 Å². The largest absolute Gasteiger partial charge is 0.496 e. The van der Waals surface area contributed by atoms with Crippen LogP contribution in [0.15, 0.2) is 22.8 Å². The lowest BCUT2D eigenvalue weighted by Gasteiger charge is -2.09. The SMILES string of the molecule is COc1ccc(C)cc1CCc1[nH]c(N)nc1Br. The van der Waals surface area contributed by atoms with Crippen LogP contribution in [-0.4, -0.2) is 17.1 Å². The van der Waals surface area contributed by atoms with Gasteiger partial charge in [-0.3, -0.25) is 0 Å². The molecule has 4 nitrogen and oxygen atoms in total. The number of ether oxygens (including phenoxy) is 1. The number of aromatic nitrogens is 2. The molecule has 1 heterocycles. The van der Waals surface area contributed by atoms with E-state index < -0.39 is 0 Å². The lowest BCUT2D eigenvalue weighted by molar-refractivity contribution is 0.409. The van der Waals surface area contributed by atoms with Crippen LogP contribution in [-0.2, 0) is 12.8 Å². The molecular weight excluding hydrogens is 294 g/mol. The zero-order valence-corrected chi connectivity index (χ0v) is 12.0. The summed E-state index contributed by atoms with van der Waals surface area (Å²) in [6.45, 7) is 2.08. The highest BCUT2D eigenvalue weighted by Crippen LogP contribution is 2.23. The van der Waals surface area contributed by atoms with Gasteiger partial charge in [0, 0.05) is 0 Å². The van der Waals surface area contributed by atoms with E-state index in [0.717, 1.165) is 28.9 Å². The molecule has 2 rings (SSSR count). The van der Waals surface area contributed by atoms with E-state index in [0.29, 0.717) is 5.95 Å². The van der Waals surface area contributed by atoms with Gasteiger partial charge in [-0.1, -0.05) is 17.7 Å². The minimum atomic E-state index is 0.438. The highest BCUT2D eigenvalue weighted by atomic mass is 79.9. The molecule has 5 heteroatoms. The fourth-order valence-electron chi connectivity index (χ4n) is 1.94. The van der Waals surface area contributed by atoms with Crippen molar-refractivity contribution in [1.82, 2.24) is 9.97 Å². The summed E-state index contributed by atoms with van der Waals surface area (Å²) in [5.74, 6) is 1.36. The molecule has 0 fully saturated rings. The molecule has 0 aliphatic carbocycles. The molecule has 18 heavy (non-hydrogen) atoms. The molecular formula is C13H16BrN3O. The van der Waals surface area contributed by atoms with Gasteiger partial charge in [0.05, 0.1) is 12.8 Å². The smallest absolute Gasteiger partial charge is 0.198 e. The van der Waals surface area contributed by atoms with Crippen LogP contribution in [0, 0.1) is 6.92 Å². The highest BCUT2D eigenvalue weighted by Gasteiger charge is 2.08. The Labute approximate surface area is 115 Å². The molecule has 0 atom stereocenters. The number of nitrogen functional groups attached to an aromatic ring is 1. The van der Waals surface area contributed by atoms with Crippen LogP contribution in [0.3, 0.4) is 0 Å². The first-order valence-corrected chi connectivity index (χ1v) is 6.53. The van der Waals surface area contributed by atoms with Crippen molar-refractivity contribution < 1.29 is 4.74 Å². The van der Waals surface area contributed by atoms with Crippen LogP contribution in [0.4, 0.5) is 5.95 Å². The van der Waals surface area contributed by atoms with Gasteiger partial charge < -0.3 is 15.5 Å². The van der Waals surface area contributed by atoms with Gasteiger partial charge >= 0.3 is 0 Å². The quantitative estimate of drug-likeness (QED) is 0.912. The summed E-state index contributed by atoms with van der Waals surface area (Å²) in [5.41, 5.74) is 9.04. The first kappa shape index (κ1) is 13.0. The van der Waals surface area contributed by atoms with E-state index in [4.69, 9.17) is 10.5 Å². The summed E-state index contributed by atoms with van der Waals surface area (Å²) in [7, 11) is 1.69. The Balaban J connectivity index is 2.14. The normalized spacial score (nSPS) is 10.6. The topological polar surface area (TPSA) is 63.9 Å². The minimum Gasteiger partial charge on any atom is -0.496 e. The number of benzene rings is 1. The third kappa shape index (κ3) is 2.85. The molecule has 0 aliphatic heterocycles. The number of nitrogens with two attached hydrogens (primary N) is 1. The second kappa shape index (κ2) is 5.44. The van der Waals surface area contributed by atoms with E-state index in [9.17, 15) is 0 Å². The second-order valence-electron chi connectivity index (χ2n) is 4.21. The van der Waals surface area contributed by atoms with E-state index in [-0.39, 0.29) is 0 Å². The Morgan fingerprint density at radius 1 is 1.39 bits per heavy atom. The van der Waals surface area contributed by atoms with Gasteiger partial charge in [0.25, 0.3) is 0 Å². The number of nitrogens with zero attached hydrogens (tertiary/aromatic N) is 1. The Kier molecular flexibility index (Phi) is 3.91. The summed E-state index contributed by atoms with van der Waals surface area (Å²) in [6.07, 6.45) is 1.72. The fourth-order valence-corrected chi connectivity index (χ4v) is 2.42. The summed E-state index contributed by atoms with van der Waals surface area (Å²) in [4.78, 5) is 7.14. The molecule has 1 aromatic carbocycles. The van der Waals surface area contributed by atoms with Crippen molar-refractivity contribution in [2.75, 3.05) is 12.8 Å². The molecule has 1 aromatic heterocycles. The number of hydrogen-bond donors (Lipinski definition) is 2. The predicted octanol–water partition coefficient (Wildman–Crippen LogP) is 2.86. The van der Waals surface area contributed by atoms with Crippen LogP contribution in [0.1, 0.15) is 16.8 Å². The summed E-state index contributed by atoms with van der Waals surface area (Å²) >= 11 is 3.39. The lowest BCUT2D eigenvalue weighted by atomic mass is 10.0. The maximum atomic E-state index is 5.61. The van der Waals surface area contributed by atoms with Crippen LogP contribution in [0.5, 0.6) is 5.75 Å². The second-order valence-corrected chi connectivity index (χ2v) is 4.96. The number of nitrogens with one attached hydrogen (secondary N) is 1. The number of H-pyrrole nitrogens is 1. The summed E-state index contributed by atoms with van der Waals surface area (Å²) in [6, 6.07) is 6.19. The number of hydrogen-bond acceptors (Lipinski definition) is 3. The molecule has 0 amide bonds. The van der Waals surface area contributed by atoms with Crippen molar-refractivity contribution in [3.63, 3.8) is 0 Å². The fraction of sp³-hybridized carbons (Fsp3) is 0.308. The van der Waals surface area contributed by atoms with Crippen LogP contribution in [0.2, 0.25) is 0 Å². The van der Waals surface area contributed by atoms with Crippen LogP contribution in [0.25, 0.3) is 0 Å². The Bertz CT molecular complexity index is 551. The number of halogens is 1. The van der Waals surface area contributed by atoms with Crippen molar-refractivity contribution in [2.24, 2.45) is 0 Å². The third-order valence-corrected chi connectivity index (χ3v) is 3.48. The third-order valence-electron chi connectivity index (χ3n) is 2.83. The highest BCUT2D eigenvalue weighted by molar-refractivity contribution is 9.10. The Morgan fingerprint density at radius 2 is 2.17 bits per heavy atom. The number of aromatic amines is 1. The zero-order chi connectivity index (χ0) is 13.1. The van der Waals surface area contributed by atoms with Crippen molar-refractivity contribution in [1.29, 1.82) is 0 Å². The molecule has 0 aliphatic rings. The molecule has 0 spiro atoms. The summed E-state index contributed by atoms with van der Waals surface area (Å²) in [5, 5.41) is 0. The molecule has 96 valence electrons. The minimum absolute atomic E-state index is 0.438. The molecule has 0 unspecified atom stereocenters. The van der Waals surface area contributed by atoms with Gasteiger partial charge in [-0.15, -0.1) is 0 Å². The van der Waals surface area contributed by atoms with Gasteiger partial charge in [-0.25, -0.2) is 4.98 Å². The van der Waals surface area contributed by atoms with Crippen LogP contribution >= 0.6 is 15.9 Å². The summed E-state index contributed by atoms with van der Waals surface area (Å²) < 4.78 is 6.15. The number of aryl methyl sites for hydroxylation is 3. The van der Waals surface area contributed by atoms with E-state index in [2.05, 4.69) is 38.9 Å². The first-order chi connectivity index (χ1) is 8.60. The van der Waals surface area contributed by atoms with E-state index in [1.807, 2.05) is 12.1 Å². The predicted molar refractivity (Wildman–Crippen MR) is 75.8 cm³/mol. The number of imidazole rings is 1.